The normalized spacial score (nSPS) is 37.4. The van der Waals surface area contributed by atoms with E-state index in [1.54, 1.807) is 6.92 Å². The lowest BCUT2D eigenvalue weighted by Crippen LogP contribution is -2.55. The Bertz CT molecular complexity index is 309. The van der Waals surface area contributed by atoms with Gasteiger partial charge in [0.05, 0.1) is 10.9 Å². The van der Waals surface area contributed by atoms with Crippen molar-refractivity contribution in [3.05, 3.63) is 0 Å². The topological polar surface area (TPSA) is 61.8 Å². The van der Waals surface area contributed by atoms with Gasteiger partial charge in [-0.1, -0.05) is 31.9 Å². The van der Waals surface area contributed by atoms with Crippen LogP contribution in [0.2, 0.25) is 0 Å². The molecule has 98 valence electrons. The second kappa shape index (κ2) is 6.15. The van der Waals surface area contributed by atoms with Gasteiger partial charge >= 0.3 is 11.9 Å². The zero-order valence-electron chi connectivity index (χ0n) is 9.68. The molecule has 1 fully saturated rings. The third-order valence-corrected chi connectivity index (χ3v) is 4.80. The molecule has 0 aromatic rings. The lowest BCUT2D eigenvalue weighted by atomic mass is 10.0. The monoisotopic (exact) mass is 372 g/mol. The first-order valence-corrected chi connectivity index (χ1v) is 6.94. The highest BCUT2D eigenvalue weighted by atomic mass is 79.9. The number of hydrogen-bond donors (Lipinski definition) is 0. The molecular formula is C10H14Br2O5. The molecule has 0 N–H and O–H groups in total. The van der Waals surface area contributed by atoms with E-state index in [9.17, 15) is 9.59 Å². The Morgan fingerprint density at radius 1 is 1.06 bits per heavy atom. The highest BCUT2D eigenvalue weighted by molar-refractivity contribution is 9.12. The molecule has 5 atom stereocenters. The molecule has 0 bridgehead atoms. The standard InChI is InChI=1S/C10H14Br2O5/c1-4-8(16-5(2)13)9(17-6(3)14)7(11)10(12)15-4/h4,7-10H,1-3H3/t4-,7+,8+,9-,10+/m0/s1. The van der Waals surface area contributed by atoms with E-state index in [0.29, 0.717) is 0 Å². The van der Waals surface area contributed by atoms with Crippen molar-refractivity contribution in [3.8, 4) is 0 Å². The maximum atomic E-state index is 11.1. The number of halogens is 2. The minimum absolute atomic E-state index is 0.285. The van der Waals surface area contributed by atoms with Crippen molar-refractivity contribution in [1.82, 2.24) is 0 Å². The van der Waals surface area contributed by atoms with Crippen LogP contribution in [0.4, 0.5) is 0 Å². The summed E-state index contributed by atoms with van der Waals surface area (Å²) in [5.74, 6) is -0.860. The first kappa shape index (κ1) is 14.9. The van der Waals surface area contributed by atoms with Crippen molar-refractivity contribution in [3.63, 3.8) is 0 Å². The Hall–Kier alpha value is -0.140. The van der Waals surface area contributed by atoms with Crippen molar-refractivity contribution < 1.29 is 23.8 Å². The summed E-state index contributed by atoms with van der Waals surface area (Å²) in [6.45, 7) is 4.38. The summed E-state index contributed by atoms with van der Waals surface area (Å²) in [4.78, 5) is 21.8. The summed E-state index contributed by atoms with van der Waals surface area (Å²) in [6, 6.07) is 0. The number of alkyl halides is 2. The second-order valence-electron chi connectivity index (χ2n) is 3.78. The summed E-state index contributed by atoms with van der Waals surface area (Å²) in [5, 5.41) is -0.311. The van der Waals surface area contributed by atoms with Gasteiger partial charge in [-0.15, -0.1) is 0 Å². The van der Waals surface area contributed by atoms with Gasteiger partial charge in [-0.3, -0.25) is 9.59 Å². The van der Waals surface area contributed by atoms with E-state index < -0.39 is 24.1 Å². The molecule has 0 aromatic carbocycles. The summed E-state index contributed by atoms with van der Waals surface area (Å²) in [7, 11) is 0. The number of hydrogen-bond acceptors (Lipinski definition) is 5. The number of ether oxygens (including phenoxy) is 3. The molecule has 0 aromatic heterocycles. The largest absolute Gasteiger partial charge is 0.457 e. The van der Waals surface area contributed by atoms with Crippen molar-refractivity contribution in [1.29, 1.82) is 0 Å². The van der Waals surface area contributed by atoms with Gasteiger partial charge in [0.1, 0.15) is 5.01 Å². The van der Waals surface area contributed by atoms with Gasteiger partial charge in [-0.05, 0) is 6.92 Å². The fourth-order valence-electron chi connectivity index (χ4n) is 1.63. The second-order valence-corrected chi connectivity index (χ2v) is 5.74. The van der Waals surface area contributed by atoms with Gasteiger partial charge in [-0.2, -0.15) is 0 Å². The van der Waals surface area contributed by atoms with Crippen LogP contribution in [0.1, 0.15) is 20.8 Å². The van der Waals surface area contributed by atoms with Gasteiger partial charge in [0.2, 0.25) is 0 Å². The highest BCUT2D eigenvalue weighted by Crippen LogP contribution is 2.33. The van der Waals surface area contributed by atoms with E-state index in [1.807, 2.05) is 0 Å². The van der Waals surface area contributed by atoms with E-state index in [0.717, 1.165) is 0 Å². The molecule has 0 spiro atoms. The maximum Gasteiger partial charge on any atom is 0.303 e. The molecule has 1 rings (SSSR count). The van der Waals surface area contributed by atoms with Crippen LogP contribution >= 0.6 is 31.9 Å². The zero-order chi connectivity index (χ0) is 13.2. The SMILES string of the molecule is CC(=O)O[C@H]1[C@@H](Br)[C@H](Br)O[C@@H](C)[C@H]1OC(C)=O. The van der Waals surface area contributed by atoms with E-state index in [4.69, 9.17) is 14.2 Å². The fourth-order valence-corrected chi connectivity index (χ4v) is 2.81. The lowest BCUT2D eigenvalue weighted by Gasteiger charge is -2.40. The van der Waals surface area contributed by atoms with Crippen LogP contribution in [0.25, 0.3) is 0 Å². The lowest BCUT2D eigenvalue weighted by molar-refractivity contribution is -0.191. The van der Waals surface area contributed by atoms with Crippen molar-refractivity contribution in [2.24, 2.45) is 0 Å². The van der Waals surface area contributed by atoms with Gasteiger partial charge in [0, 0.05) is 13.8 Å². The minimum atomic E-state index is -0.616. The van der Waals surface area contributed by atoms with Gasteiger partial charge in [0.15, 0.2) is 12.2 Å². The average molecular weight is 374 g/mol. The zero-order valence-corrected chi connectivity index (χ0v) is 12.9. The van der Waals surface area contributed by atoms with Crippen LogP contribution < -0.4 is 0 Å². The number of rotatable bonds is 2. The van der Waals surface area contributed by atoms with Crippen LogP contribution in [0.5, 0.6) is 0 Å². The molecule has 1 saturated heterocycles. The van der Waals surface area contributed by atoms with Gasteiger partial charge < -0.3 is 14.2 Å². The molecule has 0 unspecified atom stereocenters. The number of esters is 2. The predicted octanol–water partition coefficient (Wildman–Crippen LogP) is 1.75. The fraction of sp³-hybridized carbons (Fsp3) is 0.800. The Labute approximate surface area is 116 Å². The van der Waals surface area contributed by atoms with Crippen LogP contribution in [0.15, 0.2) is 0 Å². The smallest absolute Gasteiger partial charge is 0.303 e. The van der Waals surface area contributed by atoms with E-state index >= 15 is 0 Å². The van der Waals surface area contributed by atoms with Gasteiger partial charge in [-0.25, -0.2) is 0 Å². The van der Waals surface area contributed by atoms with Crippen LogP contribution in [-0.4, -0.2) is 40.1 Å². The first-order valence-electron chi connectivity index (χ1n) is 5.11. The quantitative estimate of drug-likeness (QED) is 0.545. The van der Waals surface area contributed by atoms with Crippen molar-refractivity contribution >= 4 is 43.8 Å². The summed E-state index contributed by atoms with van der Waals surface area (Å²) >= 11 is 6.68. The third-order valence-electron chi connectivity index (χ3n) is 2.30. The molecule has 1 heterocycles. The van der Waals surface area contributed by atoms with Crippen LogP contribution in [0, 0.1) is 0 Å². The van der Waals surface area contributed by atoms with Gasteiger partial charge in [0.25, 0.3) is 0 Å². The first-order chi connectivity index (χ1) is 7.82. The van der Waals surface area contributed by atoms with Crippen LogP contribution in [0.3, 0.4) is 0 Å². The number of carbonyl (C=O) groups is 2. The molecule has 17 heavy (non-hydrogen) atoms. The average Bonchev–Trinajstić information content (AvgIpc) is 2.19. The molecule has 1 aliphatic heterocycles. The molecule has 5 nitrogen and oxygen atoms in total. The van der Waals surface area contributed by atoms with Crippen molar-refractivity contribution in [2.45, 2.75) is 48.9 Å². The predicted molar refractivity (Wildman–Crippen MR) is 67.1 cm³/mol. The van der Waals surface area contributed by atoms with Crippen molar-refractivity contribution in [2.75, 3.05) is 0 Å². The summed E-state index contributed by atoms with van der Waals surface area (Å²) < 4.78 is 15.9. The van der Waals surface area contributed by atoms with E-state index in [-0.39, 0.29) is 15.9 Å². The Balaban J connectivity index is 2.86. The molecule has 0 amide bonds. The Kier molecular flexibility index (Phi) is 5.40. The number of carbonyl (C=O) groups excluding carboxylic acids is 2. The highest BCUT2D eigenvalue weighted by Gasteiger charge is 2.46. The summed E-state index contributed by atoms with van der Waals surface area (Å²) in [6.07, 6.45) is -1.56. The minimum Gasteiger partial charge on any atom is -0.457 e. The molecule has 0 radical (unpaired) electrons. The Morgan fingerprint density at radius 2 is 1.53 bits per heavy atom. The molecular weight excluding hydrogens is 360 g/mol. The molecule has 1 aliphatic rings. The molecule has 0 aliphatic carbocycles. The Morgan fingerprint density at radius 3 is 2.00 bits per heavy atom. The molecule has 0 saturated carbocycles. The maximum absolute atomic E-state index is 11.1. The van der Waals surface area contributed by atoms with E-state index in [1.165, 1.54) is 13.8 Å². The van der Waals surface area contributed by atoms with Crippen LogP contribution in [-0.2, 0) is 23.8 Å². The summed E-state index contributed by atoms with van der Waals surface area (Å²) in [5.41, 5.74) is 0. The van der Waals surface area contributed by atoms with E-state index in [2.05, 4.69) is 31.9 Å². The third kappa shape index (κ3) is 3.93. The molecule has 7 heteroatoms.